The number of rotatable bonds is 5. The van der Waals surface area contributed by atoms with Crippen LogP contribution < -0.4 is 14.8 Å². The topological polar surface area (TPSA) is 71.1 Å². The monoisotopic (exact) mass is 411 g/mol. The van der Waals surface area contributed by atoms with Crippen molar-refractivity contribution in [3.8, 4) is 11.5 Å². The Bertz CT molecular complexity index is 1040. The molecular weight excluding hydrogens is 389 g/mol. The predicted octanol–water partition coefficient (Wildman–Crippen LogP) is 2.84. The Morgan fingerprint density at radius 1 is 1.10 bits per heavy atom. The average molecular weight is 411 g/mol. The van der Waals surface area contributed by atoms with Crippen LogP contribution in [0, 0.1) is 5.82 Å². The first-order chi connectivity index (χ1) is 14.4. The number of hydrogen-bond acceptors (Lipinski definition) is 4. The van der Waals surface area contributed by atoms with Crippen molar-refractivity contribution in [1.29, 1.82) is 0 Å². The molecule has 0 unspecified atom stereocenters. The second-order valence-electron chi connectivity index (χ2n) is 7.17. The van der Waals surface area contributed by atoms with Gasteiger partial charge in [0.1, 0.15) is 5.82 Å². The van der Waals surface area contributed by atoms with E-state index in [1.807, 2.05) is 0 Å². The maximum atomic E-state index is 13.3. The van der Waals surface area contributed by atoms with Crippen molar-refractivity contribution in [2.75, 3.05) is 27.8 Å². The largest absolute Gasteiger partial charge is 0.493 e. The third kappa shape index (κ3) is 3.24. The summed E-state index contributed by atoms with van der Waals surface area (Å²) in [4.78, 5) is 29.1. The number of methoxy groups -OCH3 is 2. The summed E-state index contributed by atoms with van der Waals surface area (Å²) < 4.78 is 24.1. The van der Waals surface area contributed by atoms with Crippen molar-refractivity contribution in [2.45, 2.75) is 12.6 Å². The third-order valence-electron chi connectivity index (χ3n) is 5.47. The number of nitrogens with zero attached hydrogens (tertiary/aromatic N) is 2. The Labute approximate surface area is 173 Å². The second kappa shape index (κ2) is 7.70. The first-order valence-electron chi connectivity index (χ1n) is 9.46. The van der Waals surface area contributed by atoms with Crippen LogP contribution in [0.2, 0.25) is 0 Å². The van der Waals surface area contributed by atoms with Gasteiger partial charge in [-0.15, -0.1) is 0 Å². The lowest BCUT2D eigenvalue weighted by atomic mass is 9.94. The summed E-state index contributed by atoms with van der Waals surface area (Å²) in [6.07, 6.45) is 0. The van der Waals surface area contributed by atoms with Gasteiger partial charge in [0.2, 0.25) is 0 Å². The highest BCUT2D eigenvalue weighted by atomic mass is 19.1. The van der Waals surface area contributed by atoms with Crippen LogP contribution in [0.5, 0.6) is 11.5 Å². The number of carbonyl (C=O) groups is 2. The normalized spacial score (nSPS) is 18.5. The number of carbonyl (C=O) groups excluding carboxylic acids is 2. The van der Waals surface area contributed by atoms with Crippen LogP contribution in [-0.2, 0) is 11.3 Å². The van der Waals surface area contributed by atoms with E-state index in [9.17, 15) is 14.0 Å². The van der Waals surface area contributed by atoms with Gasteiger partial charge in [-0.3, -0.25) is 9.69 Å². The highest BCUT2D eigenvalue weighted by Crippen LogP contribution is 2.42. The van der Waals surface area contributed by atoms with Crippen LogP contribution in [0.25, 0.3) is 0 Å². The number of para-hydroxylation sites is 1. The third-order valence-corrected chi connectivity index (χ3v) is 5.47. The van der Waals surface area contributed by atoms with E-state index in [0.717, 1.165) is 5.56 Å². The Morgan fingerprint density at radius 3 is 2.50 bits per heavy atom. The molecule has 0 aromatic heterocycles. The fourth-order valence-electron chi connectivity index (χ4n) is 3.93. The Kier molecular flexibility index (Phi) is 5.07. The van der Waals surface area contributed by atoms with E-state index >= 15 is 0 Å². The minimum absolute atomic E-state index is 0.184. The number of amides is 3. The molecule has 2 aliphatic heterocycles. The Hall–Kier alpha value is -3.55. The van der Waals surface area contributed by atoms with E-state index in [-0.39, 0.29) is 24.3 Å². The molecule has 2 aliphatic rings. The molecule has 1 atom stereocenters. The molecule has 8 heteroatoms. The zero-order valence-corrected chi connectivity index (χ0v) is 16.9. The number of likely N-dealkylation sites (N-methyl/N-ethyl adjacent to an activating group) is 1. The maximum absolute atomic E-state index is 13.3. The highest BCUT2D eigenvalue weighted by molar-refractivity contribution is 6.01. The standard InChI is InChI=1S/C22H22FN3O4/c1-25-16-12-26(11-13-7-9-14(23)10-8-13)21(27)18(16)19(24-22(25)28)15-5-4-6-17(29-2)20(15)30-3/h4-10,19H,11-12H2,1-3H3,(H,24,28)/t19-/m0/s1. The minimum Gasteiger partial charge on any atom is -0.493 e. The summed E-state index contributed by atoms with van der Waals surface area (Å²) in [6.45, 7) is 0.606. The van der Waals surface area contributed by atoms with E-state index in [0.29, 0.717) is 34.9 Å². The summed E-state index contributed by atoms with van der Waals surface area (Å²) in [5.74, 6) is 0.463. The van der Waals surface area contributed by atoms with E-state index in [2.05, 4.69) is 5.32 Å². The van der Waals surface area contributed by atoms with Crippen LogP contribution in [0.3, 0.4) is 0 Å². The van der Waals surface area contributed by atoms with Gasteiger partial charge in [-0.1, -0.05) is 24.3 Å². The molecule has 2 aromatic carbocycles. The molecular formula is C22H22FN3O4. The fraction of sp³-hybridized carbons (Fsp3) is 0.273. The van der Waals surface area contributed by atoms with Gasteiger partial charge in [-0.2, -0.15) is 0 Å². The van der Waals surface area contributed by atoms with Gasteiger partial charge < -0.3 is 19.7 Å². The van der Waals surface area contributed by atoms with Crippen LogP contribution in [-0.4, -0.2) is 49.6 Å². The molecule has 3 amide bonds. The van der Waals surface area contributed by atoms with Crippen molar-refractivity contribution >= 4 is 11.9 Å². The molecule has 0 bridgehead atoms. The van der Waals surface area contributed by atoms with E-state index in [1.54, 1.807) is 42.3 Å². The quantitative estimate of drug-likeness (QED) is 0.822. The molecule has 2 heterocycles. The summed E-state index contributed by atoms with van der Waals surface area (Å²) in [5, 5.41) is 2.90. The molecule has 1 N–H and O–H groups in total. The highest BCUT2D eigenvalue weighted by Gasteiger charge is 2.43. The summed E-state index contributed by atoms with van der Waals surface area (Å²) in [5.41, 5.74) is 2.58. The van der Waals surface area contributed by atoms with Crippen molar-refractivity contribution < 1.29 is 23.5 Å². The molecule has 0 fully saturated rings. The molecule has 7 nitrogen and oxygen atoms in total. The first kappa shape index (κ1) is 19.8. The lowest BCUT2D eigenvalue weighted by molar-refractivity contribution is -0.126. The minimum atomic E-state index is -0.667. The Balaban J connectivity index is 1.72. The zero-order valence-electron chi connectivity index (χ0n) is 16.9. The SMILES string of the molecule is COc1cccc([C@@H]2NC(=O)N(C)C3=C2C(=O)N(Cc2ccc(F)cc2)C3)c1OC. The van der Waals surface area contributed by atoms with Crippen molar-refractivity contribution in [2.24, 2.45) is 0 Å². The van der Waals surface area contributed by atoms with Crippen LogP contribution in [0.4, 0.5) is 9.18 Å². The lowest BCUT2D eigenvalue weighted by Crippen LogP contribution is -2.45. The molecule has 0 aliphatic carbocycles. The second-order valence-corrected chi connectivity index (χ2v) is 7.17. The van der Waals surface area contributed by atoms with E-state index in [4.69, 9.17) is 9.47 Å². The van der Waals surface area contributed by atoms with Crippen molar-refractivity contribution in [3.63, 3.8) is 0 Å². The number of hydrogen-bond donors (Lipinski definition) is 1. The van der Waals surface area contributed by atoms with Crippen LogP contribution in [0.1, 0.15) is 17.2 Å². The van der Waals surface area contributed by atoms with Gasteiger partial charge in [0.15, 0.2) is 11.5 Å². The van der Waals surface area contributed by atoms with Gasteiger partial charge in [-0.05, 0) is 23.8 Å². The molecule has 0 radical (unpaired) electrons. The zero-order chi connectivity index (χ0) is 21.4. The van der Waals surface area contributed by atoms with Gasteiger partial charge >= 0.3 is 6.03 Å². The first-order valence-corrected chi connectivity index (χ1v) is 9.46. The molecule has 2 aromatic rings. The van der Waals surface area contributed by atoms with Gasteiger partial charge in [0, 0.05) is 19.2 Å². The van der Waals surface area contributed by atoms with Crippen molar-refractivity contribution in [1.82, 2.24) is 15.1 Å². The van der Waals surface area contributed by atoms with Crippen LogP contribution >= 0.6 is 0 Å². The molecule has 30 heavy (non-hydrogen) atoms. The molecule has 0 spiro atoms. The predicted molar refractivity (Wildman–Crippen MR) is 107 cm³/mol. The van der Waals surface area contributed by atoms with Gasteiger partial charge in [0.25, 0.3) is 5.91 Å². The lowest BCUT2D eigenvalue weighted by Gasteiger charge is -2.31. The summed E-state index contributed by atoms with van der Waals surface area (Å²) in [7, 11) is 4.69. The molecule has 0 saturated carbocycles. The van der Waals surface area contributed by atoms with E-state index < -0.39 is 6.04 Å². The smallest absolute Gasteiger partial charge is 0.322 e. The summed E-state index contributed by atoms with van der Waals surface area (Å²) >= 11 is 0. The molecule has 4 rings (SSSR count). The molecule has 156 valence electrons. The number of ether oxygens (including phenoxy) is 2. The fourth-order valence-corrected chi connectivity index (χ4v) is 3.93. The van der Waals surface area contributed by atoms with Crippen LogP contribution in [0.15, 0.2) is 53.7 Å². The number of urea groups is 1. The Morgan fingerprint density at radius 2 is 1.83 bits per heavy atom. The molecule has 0 saturated heterocycles. The van der Waals surface area contributed by atoms with Gasteiger partial charge in [-0.25, -0.2) is 9.18 Å². The number of nitrogens with one attached hydrogen (secondary N) is 1. The van der Waals surface area contributed by atoms with E-state index in [1.165, 1.54) is 31.3 Å². The summed E-state index contributed by atoms with van der Waals surface area (Å²) in [6, 6.07) is 10.4. The number of halogens is 1. The number of benzene rings is 2. The maximum Gasteiger partial charge on any atom is 0.322 e. The van der Waals surface area contributed by atoms with Gasteiger partial charge in [0.05, 0.1) is 38.1 Å². The average Bonchev–Trinajstić information content (AvgIpc) is 3.08. The van der Waals surface area contributed by atoms with Crippen molar-refractivity contribution in [3.05, 3.63) is 70.7 Å².